The van der Waals surface area contributed by atoms with Crippen molar-refractivity contribution in [2.24, 2.45) is 0 Å². The van der Waals surface area contributed by atoms with Crippen LogP contribution in [0.1, 0.15) is 11.1 Å². The number of rotatable bonds is 1. The molecule has 0 aromatic heterocycles. The van der Waals surface area contributed by atoms with E-state index >= 15 is 0 Å². The molecule has 1 nitrogen and oxygen atoms in total. The lowest BCUT2D eigenvalue weighted by atomic mass is 10.0. The van der Waals surface area contributed by atoms with Crippen LogP contribution < -0.4 is 5.32 Å². The Kier molecular flexibility index (Phi) is 3.39. The van der Waals surface area contributed by atoms with E-state index in [0.29, 0.717) is 0 Å². The molecule has 1 heteroatoms. The third-order valence-corrected chi connectivity index (χ3v) is 3.29. The van der Waals surface area contributed by atoms with E-state index in [0.717, 1.165) is 16.8 Å². The lowest BCUT2D eigenvalue weighted by Gasteiger charge is -2.08. The van der Waals surface area contributed by atoms with Gasteiger partial charge in [-0.05, 0) is 23.6 Å². The Balaban J connectivity index is 2.11. The molecule has 3 aromatic rings. The summed E-state index contributed by atoms with van der Waals surface area (Å²) in [5.74, 6) is 6.47. The van der Waals surface area contributed by atoms with Gasteiger partial charge in [-0.1, -0.05) is 60.4 Å². The molecule has 0 aliphatic rings. The lowest BCUT2D eigenvalue weighted by Crippen LogP contribution is -1.93. The van der Waals surface area contributed by atoms with Gasteiger partial charge in [0.25, 0.3) is 0 Å². The van der Waals surface area contributed by atoms with Gasteiger partial charge in [-0.3, -0.25) is 0 Å². The maximum Gasteiger partial charge on any atom is 0.0576 e. The fourth-order valence-corrected chi connectivity index (χ4v) is 2.31. The first kappa shape index (κ1) is 12.3. The molecule has 3 aromatic carbocycles. The van der Waals surface area contributed by atoms with Crippen molar-refractivity contribution in [3.63, 3.8) is 0 Å². The zero-order valence-electron chi connectivity index (χ0n) is 11.4. The Hall–Kier alpha value is -2.72. The molecule has 3 rings (SSSR count). The Morgan fingerprint density at radius 2 is 1.50 bits per heavy atom. The van der Waals surface area contributed by atoms with E-state index in [9.17, 15) is 0 Å². The number of hydrogen-bond donors (Lipinski definition) is 1. The van der Waals surface area contributed by atoms with Crippen LogP contribution in [0.15, 0.2) is 66.7 Å². The number of hydrogen-bond acceptors (Lipinski definition) is 1. The minimum atomic E-state index is 1.02. The van der Waals surface area contributed by atoms with Crippen molar-refractivity contribution in [3.8, 4) is 11.8 Å². The molecule has 0 aliphatic heterocycles. The maximum atomic E-state index is 3.27. The van der Waals surface area contributed by atoms with E-state index in [-0.39, 0.29) is 0 Å². The van der Waals surface area contributed by atoms with E-state index in [4.69, 9.17) is 0 Å². The summed E-state index contributed by atoms with van der Waals surface area (Å²) in [5.41, 5.74) is 3.14. The minimum Gasteiger partial charge on any atom is -0.387 e. The van der Waals surface area contributed by atoms with E-state index < -0.39 is 0 Å². The molecular weight excluding hydrogens is 242 g/mol. The third kappa shape index (κ3) is 2.37. The predicted octanol–water partition coefficient (Wildman–Crippen LogP) is 4.28. The molecule has 20 heavy (non-hydrogen) atoms. The summed E-state index contributed by atoms with van der Waals surface area (Å²) in [6, 6.07) is 22.6. The van der Waals surface area contributed by atoms with E-state index in [1.807, 2.05) is 37.4 Å². The smallest absolute Gasteiger partial charge is 0.0576 e. The van der Waals surface area contributed by atoms with Crippen molar-refractivity contribution < 1.29 is 0 Å². The number of benzene rings is 3. The third-order valence-electron chi connectivity index (χ3n) is 3.29. The normalized spacial score (nSPS) is 9.85. The van der Waals surface area contributed by atoms with Crippen LogP contribution >= 0.6 is 0 Å². The standard InChI is InChI=1S/C19H15N/c1-20-19-17(12-11-15-7-3-2-4-8-15)14-13-16-9-5-6-10-18(16)19/h2-10,13-14,20H,1H3. The molecule has 96 valence electrons. The largest absolute Gasteiger partial charge is 0.387 e. The van der Waals surface area contributed by atoms with Crippen molar-refractivity contribution in [2.75, 3.05) is 12.4 Å². The van der Waals surface area contributed by atoms with Gasteiger partial charge in [0.15, 0.2) is 0 Å². The van der Waals surface area contributed by atoms with Gasteiger partial charge in [-0.15, -0.1) is 0 Å². The van der Waals surface area contributed by atoms with Crippen molar-refractivity contribution in [3.05, 3.63) is 77.9 Å². The molecule has 0 radical (unpaired) electrons. The summed E-state index contributed by atoms with van der Waals surface area (Å²) < 4.78 is 0. The second-order valence-electron chi connectivity index (χ2n) is 4.58. The SMILES string of the molecule is CNc1c(C#Cc2ccccc2)ccc2ccccc12. The highest BCUT2D eigenvalue weighted by molar-refractivity contribution is 5.96. The zero-order valence-corrected chi connectivity index (χ0v) is 11.4. The second kappa shape index (κ2) is 5.50. The van der Waals surface area contributed by atoms with Gasteiger partial charge in [0.2, 0.25) is 0 Å². The van der Waals surface area contributed by atoms with Crippen molar-refractivity contribution in [1.29, 1.82) is 0 Å². The van der Waals surface area contributed by atoms with Crippen molar-refractivity contribution in [1.82, 2.24) is 0 Å². The van der Waals surface area contributed by atoms with Gasteiger partial charge < -0.3 is 5.32 Å². The van der Waals surface area contributed by atoms with Crippen LogP contribution in [-0.2, 0) is 0 Å². The number of nitrogens with one attached hydrogen (secondary N) is 1. The molecule has 0 heterocycles. The summed E-state index contributed by atoms with van der Waals surface area (Å²) in [6.07, 6.45) is 0. The quantitative estimate of drug-likeness (QED) is 0.641. The Morgan fingerprint density at radius 3 is 2.30 bits per heavy atom. The maximum absolute atomic E-state index is 3.27. The van der Waals surface area contributed by atoms with Crippen LogP contribution in [0.3, 0.4) is 0 Å². The predicted molar refractivity (Wildman–Crippen MR) is 85.9 cm³/mol. The van der Waals surface area contributed by atoms with Crippen LogP contribution in [0, 0.1) is 11.8 Å². The topological polar surface area (TPSA) is 12.0 Å². The molecule has 0 amide bonds. The van der Waals surface area contributed by atoms with Crippen molar-refractivity contribution >= 4 is 16.5 Å². The van der Waals surface area contributed by atoms with E-state index in [1.54, 1.807) is 0 Å². The first-order valence-corrected chi connectivity index (χ1v) is 6.65. The molecule has 0 unspecified atom stereocenters. The van der Waals surface area contributed by atoms with Gasteiger partial charge in [0.1, 0.15) is 0 Å². The second-order valence-corrected chi connectivity index (χ2v) is 4.58. The van der Waals surface area contributed by atoms with Crippen LogP contribution in [0.2, 0.25) is 0 Å². The van der Waals surface area contributed by atoms with Gasteiger partial charge in [-0.2, -0.15) is 0 Å². The molecule has 0 spiro atoms. The van der Waals surface area contributed by atoms with Crippen LogP contribution in [0.25, 0.3) is 10.8 Å². The fraction of sp³-hybridized carbons (Fsp3) is 0.0526. The molecule has 0 atom stereocenters. The summed E-state index contributed by atoms with van der Waals surface area (Å²) in [7, 11) is 1.94. The monoisotopic (exact) mass is 257 g/mol. The Morgan fingerprint density at radius 1 is 0.750 bits per heavy atom. The van der Waals surface area contributed by atoms with Crippen molar-refractivity contribution in [2.45, 2.75) is 0 Å². The Labute approximate surface area is 119 Å². The van der Waals surface area contributed by atoms with Gasteiger partial charge in [-0.25, -0.2) is 0 Å². The summed E-state index contributed by atoms with van der Waals surface area (Å²) >= 11 is 0. The molecule has 0 saturated carbocycles. The van der Waals surface area contributed by atoms with Gasteiger partial charge in [0, 0.05) is 23.6 Å². The van der Waals surface area contributed by atoms with Crippen LogP contribution in [-0.4, -0.2) is 7.05 Å². The summed E-state index contributed by atoms with van der Waals surface area (Å²) in [6.45, 7) is 0. The zero-order chi connectivity index (χ0) is 13.8. The summed E-state index contributed by atoms with van der Waals surface area (Å²) in [5, 5.41) is 5.70. The van der Waals surface area contributed by atoms with Crippen LogP contribution in [0.4, 0.5) is 5.69 Å². The molecule has 0 aliphatic carbocycles. The van der Waals surface area contributed by atoms with Crippen LogP contribution in [0.5, 0.6) is 0 Å². The van der Waals surface area contributed by atoms with Gasteiger partial charge >= 0.3 is 0 Å². The highest BCUT2D eigenvalue weighted by atomic mass is 14.8. The highest BCUT2D eigenvalue weighted by Gasteiger charge is 2.03. The number of anilines is 1. The average molecular weight is 257 g/mol. The first-order valence-electron chi connectivity index (χ1n) is 6.65. The lowest BCUT2D eigenvalue weighted by molar-refractivity contribution is 1.52. The van der Waals surface area contributed by atoms with E-state index in [2.05, 4.69) is 53.6 Å². The number of fused-ring (bicyclic) bond motifs is 1. The van der Waals surface area contributed by atoms with E-state index in [1.165, 1.54) is 10.8 Å². The molecule has 1 N–H and O–H groups in total. The van der Waals surface area contributed by atoms with Gasteiger partial charge in [0.05, 0.1) is 5.69 Å². The first-order chi connectivity index (χ1) is 9.88. The fourth-order valence-electron chi connectivity index (χ4n) is 2.31. The Bertz CT molecular complexity index is 792. The average Bonchev–Trinajstić information content (AvgIpc) is 2.53. The molecule has 0 bridgehead atoms. The molecular formula is C19H15N. The minimum absolute atomic E-state index is 1.02. The molecule has 0 fully saturated rings. The molecule has 0 saturated heterocycles. The highest BCUT2D eigenvalue weighted by Crippen LogP contribution is 2.26. The summed E-state index contributed by atoms with van der Waals surface area (Å²) in [4.78, 5) is 0.